The van der Waals surface area contributed by atoms with Crippen molar-refractivity contribution in [2.24, 2.45) is 0 Å². The van der Waals surface area contributed by atoms with Crippen molar-refractivity contribution < 1.29 is 32.6 Å². The van der Waals surface area contributed by atoms with Crippen LogP contribution in [0, 0.1) is 0 Å². The van der Waals surface area contributed by atoms with Gasteiger partial charge >= 0.3 is 12.1 Å². The van der Waals surface area contributed by atoms with E-state index in [1.54, 1.807) is 6.92 Å². The topological polar surface area (TPSA) is 75.6 Å². The number of benzene rings is 1. The molecular weight excluding hydrogens is 391 g/mol. The number of amides is 1. The molecule has 1 fully saturated rings. The largest absolute Gasteiger partial charge is 0.481 e. The van der Waals surface area contributed by atoms with Gasteiger partial charge in [-0.2, -0.15) is 13.2 Å². The van der Waals surface area contributed by atoms with Crippen molar-refractivity contribution in [3.63, 3.8) is 0 Å². The lowest BCUT2D eigenvalue weighted by molar-refractivity contribution is -0.140. The molecule has 1 saturated heterocycles. The number of allylic oxidation sites excluding steroid dienone is 2. The first-order valence-corrected chi connectivity index (χ1v) is 8.28. The lowest BCUT2D eigenvalue weighted by atomic mass is 10.1. The quantitative estimate of drug-likeness (QED) is 0.578. The van der Waals surface area contributed by atoms with E-state index in [1.165, 1.54) is 12.2 Å². The van der Waals surface area contributed by atoms with Gasteiger partial charge in [-0.3, -0.25) is 4.79 Å². The van der Waals surface area contributed by atoms with Crippen LogP contribution in [0.25, 0.3) is 6.08 Å². The Morgan fingerprint density at radius 2 is 2.12 bits per heavy atom. The lowest BCUT2D eigenvalue weighted by Gasteiger charge is -2.12. The Balaban J connectivity index is 2.38. The summed E-state index contributed by atoms with van der Waals surface area (Å²) in [5.74, 6) is -1.66. The fourth-order valence-corrected chi connectivity index (χ4v) is 3.03. The summed E-state index contributed by atoms with van der Waals surface area (Å²) in [4.78, 5) is 22.7. The van der Waals surface area contributed by atoms with Crippen molar-refractivity contribution in [1.82, 2.24) is 5.32 Å². The van der Waals surface area contributed by atoms with Gasteiger partial charge < -0.3 is 15.2 Å². The Labute approximate surface area is 155 Å². The minimum absolute atomic E-state index is 0.0199. The van der Waals surface area contributed by atoms with Crippen molar-refractivity contribution in [2.75, 3.05) is 6.61 Å². The van der Waals surface area contributed by atoms with E-state index in [4.69, 9.17) is 22.1 Å². The van der Waals surface area contributed by atoms with Gasteiger partial charge in [0.1, 0.15) is 10.1 Å². The Bertz CT molecular complexity index is 831. The number of thioether (sulfide) groups is 1. The zero-order chi connectivity index (χ0) is 19.5. The standard InChI is InChI=1S/C16H12F3NO4S2/c1-8(13-14(23)20-15(25)26-13)2-3-9-6-10(16(17,18)19)4-5-11(9)24-7-12(21)22/h2-6H,7H2,1H3,(H,21,22)(H,20,23,25). The molecule has 5 nitrogen and oxygen atoms in total. The summed E-state index contributed by atoms with van der Waals surface area (Å²) in [6.07, 6.45) is -1.79. The molecule has 1 heterocycles. The number of ether oxygens (including phenoxy) is 1. The highest BCUT2D eigenvalue weighted by Gasteiger charge is 2.31. The molecule has 2 rings (SSSR count). The van der Waals surface area contributed by atoms with Crippen LogP contribution < -0.4 is 10.1 Å². The first kappa shape index (κ1) is 20.0. The Morgan fingerprint density at radius 3 is 2.65 bits per heavy atom. The fraction of sp³-hybridized carbons (Fsp3) is 0.188. The minimum atomic E-state index is -4.56. The molecule has 2 N–H and O–H groups in total. The van der Waals surface area contributed by atoms with Gasteiger partial charge in [-0.05, 0) is 30.7 Å². The van der Waals surface area contributed by atoms with E-state index in [9.17, 15) is 22.8 Å². The van der Waals surface area contributed by atoms with Crippen molar-refractivity contribution in [2.45, 2.75) is 13.1 Å². The van der Waals surface area contributed by atoms with E-state index in [2.05, 4.69) is 5.32 Å². The van der Waals surface area contributed by atoms with Gasteiger partial charge in [0.2, 0.25) is 0 Å². The van der Waals surface area contributed by atoms with Crippen LogP contribution in [0.1, 0.15) is 18.1 Å². The Hall–Kier alpha value is -2.33. The third-order valence-corrected chi connectivity index (χ3v) is 4.53. The number of hydrogen-bond acceptors (Lipinski definition) is 5. The van der Waals surface area contributed by atoms with Crippen molar-refractivity contribution in [3.8, 4) is 5.75 Å². The highest BCUT2D eigenvalue weighted by Crippen LogP contribution is 2.34. The van der Waals surface area contributed by atoms with Crippen LogP contribution in [0.3, 0.4) is 0 Å². The van der Waals surface area contributed by atoms with E-state index in [0.717, 1.165) is 30.0 Å². The number of carboxylic acids is 1. The number of rotatable bonds is 5. The number of nitrogens with one attached hydrogen (secondary N) is 1. The Morgan fingerprint density at radius 1 is 1.42 bits per heavy atom. The second kappa shape index (κ2) is 7.92. The molecule has 138 valence electrons. The highest BCUT2D eigenvalue weighted by atomic mass is 32.2. The van der Waals surface area contributed by atoms with Gasteiger partial charge in [-0.1, -0.05) is 36.1 Å². The number of alkyl halides is 3. The molecule has 0 spiro atoms. The number of thiocarbonyl (C=S) groups is 1. The molecule has 1 aliphatic rings. The molecule has 1 aromatic rings. The van der Waals surface area contributed by atoms with Crippen LogP contribution in [-0.2, 0) is 15.8 Å². The smallest absolute Gasteiger partial charge is 0.416 e. The average molecular weight is 403 g/mol. The number of carbonyl (C=O) groups excluding carboxylic acids is 1. The summed E-state index contributed by atoms with van der Waals surface area (Å²) >= 11 is 5.93. The molecule has 0 aliphatic carbocycles. The summed E-state index contributed by atoms with van der Waals surface area (Å²) < 4.78 is 44.1. The maximum atomic E-state index is 12.9. The van der Waals surface area contributed by atoms with Crippen LogP contribution in [0.2, 0.25) is 0 Å². The fourth-order valence-electron chi connectivity index (χ4n) is 1.99. The summed E-state index contributed by atoms with van der Waals surface area (Å²) in [7, 11) is 0. The second-order valence-corrected chi connectivity index (χ2v) is 6.81. The monoisotopic (exact) mass is 403 g/mol. The summed E-state index contributed by atoms with van der Waals surface area (Å²) in [5, 5.41) is 11.1. The number of halogens is 3. The zero-order valence-electron chi connectivity index (χ0n) is 13.2. The van der Waals surface area contributed by atoms with Crippen molar-refractivity contribution in [3.05, 3.63) is 45.9 Å². The molecule has 1 aliphatic heterocycles. The second-order valence-electron chi connectivity index (χ2n) is 5.12. The lowest BCUT2D eigenvalue weighted by Crippen LogP contribution is -2.18. The maximum absolute atomic E-state index is 12.9. The highest BCUT2D eigenvalue weighted by molar-refractivity contribution is 8.26. The molecule has 0 bridgehead atoms. The molecule has 0 unspecified atom stereocenters. The molecule has 0 aromatic heterocycles. The predicted molar refractivity (Wildman–Crippen MR) is 94.6 cm³/mol. The first-order valence-electron chi connectivity index (χ1n) is 7.06. The normalized spacial score (nSPS) is 16.8. The van der Waals surface area contributed by atoms with E-state index >= 15 is 0 Å². The summed E-state index contributed by atoms with van der Waals surface area (Å²) in [6.45, 7) is 0.913. The molecule has 1 amide bonds. The van der Waals surface area contributed by atoms with E-state index < -0.39 is 24.3 Å². The van der Waals surface area contributed by atoms with Crippen molar-refractivity contribution >= 4 is 46.3 Å². The third kappa shape index (κ3) is 5.09. The van der Waals surface area contributed by atoms with Gasteiger partial charge in [0.15, 0.2) is 6.61 Å². The SMILES string of the molecule is CC(C=Cc1cc(C(F)(F)F)ccc1OCC(=O)O)=C1SC(=S)NC1=O. The van der Waals surface area contributed by atoms with Gasteiger partial charge in [-0.25, -0.2) is 4.79 Å². The predicted octanol–water partition coefficient (Wildman–Crippen LogP) is 3.60. The van der Waals surface area contributed by atoms with Gasteiger partial charge in [0.05, 0.1) is 10.5 Å². The summed E-state index contributed by atoms with van der Waals surface area (Å²) in [5.41, 5.74) is -0.375. The number of carboxylic acid groups (broad SMARTS) is 1. The van der Waals surface area contributed by atoms with Crippen molar-refractivity contribution in [1.29, 1.82) is 0 Å². The molecule has 0 atom stereocenters. The van der Waals surface area contributed by atoms with E-state index in [0.29, 0.717) is 14.8 Å². The van der Waals surface area contributed by atoms with Crippen LogP contribution in [-0.4, -0.2) is 27.9 Å². The molecule has 1 aromatic carbocycles. The molecule has 0 radical (unpaired) electrons. The molecular formula is C16H12F3NO4S2. The number of hydrogen-bond donors (Lipinski definition) is 2. The molecule has 0 saturated carbocycles. The van der Waals surface area contributed by atoms with E-state index in [-0.39, 0.29) is 17.2 Å². The van der Waals surface area contributed by atoms with Crippen LogP contribution in [0.15, 0.2) is 34.8 Å². The van der Waals surface area contributed by atoms with Crippen LogP contribution in [0.5, 0.6) is 5.75 Å². The minimum Gasteiger partial charge on any atom is -0.481 e. The third-order valence-electron chi connectivity index (χ3n) is 3.18. The Kier molecular flexibility index (Phi) is 6.09. The zero-order valence-corrected chi connectivity index (χ0v) is 14.8. The van der Waals surface area contributed by atoms with Gasteiger partial charge in [0, 0.05) is 5.56 Å². The number of carbonyl (C=O) groups is 2. The van der Waals surface area contributed by atoms with E-state index in [1.807, 2.05) is 0 Å². The summed E-state index contributed by atoms with van der Waals surface area (Å²) in [6, 6.07) is 2.71. The van der Waals surface area contributed by atoms with Crippen LogP contribution in [0.4, 0.5) is 13.2 Å². The molecule has 26 heavy (non-hydrogen) atoms. The van der Waals surface area contributed by atoms with Gasteiger partial charge in [0.25, 0.3) is 5.91 Å². The van der Waals surface area contributed by atoms with Gasteiger partial charge in [-0.15, -0.1) is 0 Å². The van der Waals surface area contributed by atoms with Crippen LogP contribution >= 0.6 is 24.0 Å². The maximum Gasteiger partial charge on any atom is 0.416 e. The number of aliphatic carboxylic acids is 1. The first-order chi connectivity index (χ1) is 12.1. The average Bonchev–Trinajstić information content (AvgIpc) is 2.88. The molecule has 10 heteroatoms.